The van der Waals surface area contributed by atoms with Gasteiger partial charge in [-0.3, -0.25) is 10.1 Å². The van der Waals surface area contributed by atoms with Crippen molar-refractivity contribution in [2.24, 2.45) is 0 Å². The third kappa shape index (κ3) is 7.05. The summed E-state index contributed by atoms with van der Waals surface area (Å²) in [6.07, 6.45) is 2.99. The molecule has 9 nitrogen and oxygen atoms in total. The van der Waals surface area contributed by atoms with E-state index in [9.17, 15) is 9.59 Å². The van der Waals surface area contributed by atoms with Crippen LogP contribution in [0.25, 0.3) is 11.1 Å². The fourth-order valence-electron chi connectivity index (χ4n) is 5.54. The van der Waals surface area contributed by atoms with Gasteiger partial charge >= 0.3 is 5.97 Å². The lowest BCUT2D eigenvalue weighted by Gasteiger charge is -2.27. The van der Waals surface area contributed by atoms with Gasteiger partial charge in [-0.25, -0.2) is 4.79 Å². The number of methoxy groups -OCH3 is 1. The Morgan fingerprint density at radius 3 is 2.42 bits per heavy atom. The van der Waals surface area contributed by atoms with Crippen LogP contribution in [-0.2, 0) is 17.7 Å². The average Bonchev–Trinajstić information content (AvgIpc) is 3.48. The molecule has 0 saturated carbocycles. The van der Waals surface area contributed by atoms with Crippen molar-refractivity contribution >= 4 is 17.6 Å². The van der Waals surface area contributed by atoms with Crippen LogP contribution in [0.5, 0.6) is 17.2 Å². The first-order valence-electron chi connectivity index (χ1n) is 15.0. The number of anilines is 1. The van der Waals surface area contributed by atoms with E-state index in [1.807, 2.05) is 55.1 Å². The molecular formula is C34H43N3O6. The average molecular weight is 590 g/mol. The van der Waals surface area contributed by atoms with Crippen LogP contribution in [0.2, 0.25) is 0 Å². The summed E-state index contributed by atoms with van der Waals surface area (Å²) in [5.41, 5.74) is 11.6. The minimum absolute atomic E-state index is 0.0130. The second kappa shape index (κ2) is 14.8. The van der Waals surface area contributed by atoms with Crippen LogP contribution >= 0.6 is 0 Å². The number of nitrogen functional groups attached to an aromatic ring is 1. The van der Waals surface area contributed by atoms with Gasteiger partial charge in [-0.15, -0.1) is 0 Å². The van der Waals surface area contributed by atoms with Crippen LogP contribution in [0.3, 0.4) is 0 Å². The number of nitrogens with one attached hydrogen (secondary N) is 1. The van der Waals surface area contributed by atoms with E-state index in [4.69, 9.17) is 24.7 Å². The summed E-state index contributed by atoms with van der Waals surface area (Å²) in [4.78, 5) is 29.8. The third-order valence-corrected chi connectivity index (χ3v) is 7.54. The predicted octanol–water partition coefficient (Wildman–Crippen LogP) is 6.10. The summed E-state index contributed by atoms with van der Waals surface area (Å²) in [7, 11) is 1.62. The summed E-state index contributed by atoms with van der Waals surface area (Å²) in [5.74, 6) is 1.30. The monoisotopic (exact) mass is 589 g/mol. The van der Waals surface area contributed by atoms with E-state index in [0.29, 0.717) is 59.8 Å². The molecule has 3 aromatic carbocycles. The fourth-order valence-corrected chi connectivity index (χ4v) is 5.54. The lowest BCUT2D eigenvalue weighted by Crippen LogP contribution is -2.34. The van der Waals surface area contributed by atoms with E-state index in [2.05, 4.69) is 19.2 Å². The van der Waals surface area contributed by atoms with Gasteiger partial charge in [0, 0.05) is 25.2 Å². The number of rotatable bonds is 14. The highest BCUT2D eigenvalue weighted by atomic mass is 16.7. The quantitative estimate of drug-likeness (QED) is 0.100. The molecular weight excluding hydrogens is 546 g/mol. The zero-order chi connectivity index (χ0) is 30.9. The second-order valence-electron chi connectivity index (χ2n) is 10.6. The van der Waals surface area contributed by atoms with Crippen molar-refractivity contribution in [3.63, 3.8) is 0 Å². The largest absolute Gasteiger partial charge is 0.497 e. The molecule has 1 aliphatic rings. The number of carbonyl (C=O) groups is 2. The number of ether oxygens (including phenoxy) is 4. The maximum Gasteiger partial charge on any atom is 0.341 e. The van der Waals surface area contributed by atoms with Crippen LogP contribution in [0.4, 0.5) is 5.69 Å². The van der Waals surface area contributed by atoms with Crippen LogP contribution in [0.15, 0.2) is 42.5 Å². The number of hydrogen-bond donors (Lipinski definition) is 2. The third-order valence-electron chi connectivity index (χ3n) is 7.54. The molecule has 0 unspecified atom stereocenters. The minimum atomic E-state index is -0.540. The Balaban J connectivity index is 1.75. The van der Waals surface area contributed by atoms with Gasteiger partial charge in [0.25, 0.3) is 5.91 Å². The summed E-state index contributed by atoms with van der Waals surface area (Å²) in [6.45, 7) is 9.89. The molecule has 0 radical (unpaired) electrons. The molecule has 0 aromatic heterocycles. The van der Waals surface area contributed by atoms with Gasteiger partial charge in [-0.1, -0.05) is 45.4 Å². The molecule has 1 aliphatic heterocycles. The van der Waals surface area contributed by atoms with E-state index in [1.165, 1.54) is 0 Å². The van der Waals surface area contributed by atoms with Crippen LogP contribution in [-0.4, -0.2) is 50.5 Å². The number of fused-ring (bicyclic) bond motifs is 1. The second-order valence-corrected chi connectivity index (χ2v) is 10.6. The first-order chi connectivity index (χ1) is 20.8. The van der Waals surface area contributed by atoms with Gasteiger partial charge < -0.3 is 29.6 Å². The molecule has 4 rings (SSSR count). The molecule has 0 atom stereocenters. The maximum absolute atomic E-state index is 14.2. The summed E-state index contributed by atoms with van der Waals surface area (Å²) in [6, 6.07) is 13.1. The van der Waals surface area contributed by atoms with E-state index >= 15 is 0 Å². The molecule has 0 spiro atoms. The van der Waals surface area contributed by atoms with Crippen molar-refractivity contribution in [1.29, 1.82) is 0 Å². The molecule has 0 aliphatic carbocycles. The smallest absolute Gasteiger partial charge is 0.341 e. The predicted molar refractivity (Wildman–Crippen MR) is 168 cm³/mol. The van der Waals surface area contributed by atoms with Crippen LogP contribution < -0.4 is 25.3 Å². The molecule has 3 N–H and O–H groups in total. The van der Waals surface area contributed by atoms with Crippen molar-refractivity contribution in [2.45, 2.75) is 59.9 Å². The van der Waals surface area contributed by atoms with Gasteiger partial charge in [-0.2, -0.15) is 0 Å². The zero-order valence-electron chi connectivity index (χ0n) is 25.9. The summed E-state index contributed by atoms with van der Waals surface area (Å²) >= 11 is 0. The molecule has 0 fully saturated rings. The number of benzene rings is 3. The van der Waals surface area contributed by atoms with E-state index < -0.39 is 5.97 Å². The van der Waals surface area contributed by atoms with Crippen LogP contribution in [0.1, 0.15) is 77.4 Å². The Morgan fingerprint density at radius 2 is 1.72 bits per heavy atom. The van der Waals surface area contributed by atoms with Crippen molar-refractivity contribution in [3.05, 3.63) is 70.3 Å². The lowest BCUT2D eigenvalue weighted by molar-refractivity contribution is 0.0469. The highest BCUT2D eigenvalue weighted by Crippen LogP contribution is 2.43. The first kappa shape index (κ1) is 31.7. The molecule has 1 heterocycles. The van der Waals surface area contributed by atoms with Crippen molar-refractivity contribution in [2.75, 3.05) is 39.5 Å². The maximum atomic E-state index is 14.2. The fraction of sp³-hybridized carbons (Fsp3) is 0.412. The zero-order valence-corrected chi connectivity index (χ0v) is 25.9. The minimum Gasteiger partial charge on any atom is -0.497 e. The van der Waals surface area contributed by atoms with Crippen molar-refractivity contribution < 1.29 is 28.5 Å². The number of hydrogen-bond acceptors (Lipinski definition) is 8. The Morgan fingerprint density at radius 1 is 0.977 bits per heavy atom. The van der Waals surface area contributed by atoms with Gasteiger partial charge in [-0.05, 0) is 72.7 Å². The Hall–Kier alpha value is -4.24. The van der Waals surface area contributed by atoms with Crippen molar-refractivity contribution in [1.82, 2.24) is 10.2 Å². The molecule has 9 heteroatoms. The number of nitrogens with zero attached hydrogens (tertiary/aromatic N) is 1. The van der Waals surface area contributed by atoms with E-state index in [-0.39, 0.29) is 25.1 Å². The van der Waals surface area contributed by atoms with Gasteiger partial charge in [0.2, 0.25) is 6.79 Å². The Labute approximate surface area is 254 Å². The number of nitrogens with two attached hydrogens (primary N) is 1. The Bertz CT molecular complexity index is 1450. The number of carbonyl (C=O) groups excluding carboxylic acids is 2. The van der Waals surface area contributed by atoms with Gasteiger partial charge in [0.15, 0.2) is 11.5 Å². The number of amides is 1. The SMILES string of the molecule is CCCc1c(C)c(C(=O)N(CCC)CCC)c(-c2ccc3c(c2)OCO3)c(N)c1C(=O)OCNCc1cccc(OC)c1. The highest BCUT2D eigenvalue weighted by Gasteiger charge is 2.31. The molecule has 230 valence electrons. The van der Waals surface area contributed by atoms with E-state index in [1.54, 1.807) is 13.2 Å². The molecule has 3 aromatic rings. The topological polar surface area (TPSA) is 112 Å². The number of esters is 1. The van der Waals surface area contributed by atoms with Crippen molar-refractivity contribution in [3.8, 4) is 28.4 Å². The first-order valence-corrected chi connectivity index (χ1v) is 15.0. The molecule has 1 amide bonds. The van der Waals surface area contributed by atoms with Gasteiger partial charge in [0.05, 0.1) is 23.9 Å². The molecule has 0 bridgehead atoms. The van der Waals surface area contributed by atoms with E-state index in [0.717, 1.165) is 41.7 Å². The Kier molecular flexibility index (Phi) is 10.9. The lowest BCUT2D eigenvalue weighted by atomic mass is 9.84. The highest BCUT2D eigenvalue weighted by molar-refractivity contribution is 6.11. The summed E-state index contributed by atoms with van der Waals surface area (Å²) < 4.78 is 22.2. The molecule has 0 saturated heterocycles. The molecule has 43 heavy (non-hydrogen) atoms. The van der Waals surface area contributed by atoms with Crippen LogP contribution in [0, 0.1) is 6.92 Å². The van der Waals surface area contributed by atoms with Gasteiger partial charge in [0.1, 0.15) is 12.5 Å². The summed E-state index contributed by atoms with van der Waals surface area (Å²) in [5, 5.41) is 3.16. The normalized spacial score (nSPS) is 11.8. The standard InChI is InChI=1S/C34H43N3O6/c1-6-10-26-22(4)29(33(38)37(15-7-2)16-8-3)30(24-13-14-27-28(18-24)43-21-42-27)32(35)31(26)34(39)41-20-36-19-23-11-9-12-25(17-23)40-5/h9,11-14,17-18,36H,6-8,10,15-16,19-21,35H2,1-5H3.